The van der Waals surface area contributed by atoms with Gasteiger partial charge in [0.2, 0.25) is 0 Å². The zero-order valence-electron chi connectivity index (χ0n) is 10.3. The van der Waals surface area contributed by atoms with Gasteiger partial charge in [-0.1, -0.05) is 38.1 Å². The summed E-state index contributed by atoms with van der Waals surface area (Å²) >= 11 is 1.81. The fourth-order valence-electron chi connectivity index (χ4n) is 1.98. The lowest BCUT2D eigenvalue weighted by Crippen LogP contribution is -1.87. The van der Waals surface area contributed by atoms with Crippen LogP contribution in [0.4, 0.5) is 0 Å². The Hall–Kier alpha value is -1.15. The third-order valence-electron chi connectivity index (χ3n) is 3.32. The van der Waals surface area contributed by atoms with Crippen LogP contribution in [0.1, 0.15) is 49.1 Å². The van der Waals surface area contributed by atoms with Crippen molar-refractivity contribution < 1.29 is 0 Å². The summed E-state index contributed by atoms with van der Waals surface area (Å²) in [5.41, 5.74) is 3.79. The van der Waals surface area contributed by atoms with Gasteiger partial charge in [0.05, 0.1) is 10.7 Å². The minimum absolute atomic E-state index is 0.599. The molecule has 1 heterocycles. The molecule has 0 atom stereocenters. The van der Waals surface area contributed by atoms with Crippen molar-refractivity contribution >= 4 is 11.3 Å². The first-order chi connectivity index (χ1) is 8.24. The predicted molar refractivity (Wildman–Crippen MR) is 73.6 cm³/mol. The Morgan fingerprint density at radius 2 is 1.88 bits per heavy atom. The first-order valence-electron chi connectivity index (χ1n) is 6.30. The zero-order chi connectivity index (χ0) is 11.8. The van der Waals surface area contributed by atoms with Crippen LogP contribution in [-0.4, -0.2) is 4.98 Å². The molecule has 17 heavy (non-hydrogen) atoms. The van der Waals surface area contributed by atoms with E-state index >= 15 is 0 Å². The maximum Gasteiger partial charge on any atom is 0.0963 e. The van der Waals surface area contributed by atoms with Gasteiger partial charge in [0.15, 0.2) is 0 Å². The van der Waals surface area contributed by atoms with Crippen LogP contribution < -0.4 is 0 Å². The number of benzene rings is 1. The van der Waals surface area contributed by atoms with Crippen molar-refractivity contribution in [1.29, 1.82) is 0 Å². The Morgan fingerprint density at radius 3 is 2.47 bits per heavy atom. The topological polar surface area (TPSA) is 12.9 Å². The fourth-order valence-corrected chi connectivity index (χ4v) is 2.98. The Bertz CT molecular complexity index is 506. The highest BCUT2D eigenvalue weighted by atomic mass is 32.1. The van der Waals surface area contributed by atoms with Gasteiger partial charge in [-0.15, -0.1) is 11.3 Å². The van der Waals surface area contributed by atoms with Gasteiger partial charge in [0.1, 0.15) is 0 Å². The van der Waals surface area contributed by atoms with Gasteiger partial charge in [0.25, 0.3) is 0 Å². The van der Waals surface area contributed by atoms with Crippen molar-refractivity contribution in [2.45, 2.75) is 38.5 Å². The van der Waals surface area contributed by atoms with E-state index in [0.29, 0.717) is 5.92 Å². The molecule has 2 aromatic rings. The van der Waals surface area contributed by atoms with E-state index in [4.69, 9.17) is 4.98 Å². The molecule has 0 spiro atoms. The number of rotatable bonds is 3. The molecule has 0 bridgehead atoms. The van der Waals surface area contributed by atoms with Crippen molar-refractivity contribution in [1.82, 2.24) is 4.98 Å². The molecule has 0 radical (unpaired) electrons. The van der Waals surface area contributed by atoms with Gasteiger partial charge in [-0.05, 0) is 24.3 Å². The average Bonchev–Trinajstić information content (AvgIpc) is 3.07. The summed E-state index contributed by atoms with van der Waals surface area (Å²) in [6.07, 6.45) is 2.67. The van der Waals surface area contributed by atoms with Crippen molar-refractivity contribution in [2.24, 2.45) is 0 Å². The van der Waals surface area contributed by atoms with Crippen LogP contribution in [0.5, 0.6) is 0 Å². The van der Waals surface area contributed by atoms with Crippen molar-refractivity contribution in [2.75, 3.05) is 0 Å². The summed E-state index contributed by atoms with van der Waals surface area (Å²) in [6, 6.07) is 8.83. The number of thiazole rings is 1. The zero-order valence-corrected chi connectivity index (χ0v) is 11.1. The summed E-state index contributed by atoms with van der Waals surface area (Å²) < 4.78 is 0. The smallest absolute Gasteiger partial charge is 0.0963 e. The van der Waals surface area contributed by atoms with Gasteiger partial charge in [0, 0.05) is 16.9 Å². The molecule has 0 N–H and O–H groups in total. The van der Waals surface area contributed by atoms with Crippen molar-refractivity contribution in [3.63, 3.8) is 0 Å². The van der Waals surface area contributed by atoms with Crippen LogP contribution in [0.2, 0.25) is 0 Å². The summed E-state index contributed by atoms with van der Waals surface area (Å²) in [5.74, 6) is 1.37. The van der Waals surface area contributed by atoms with E-state index in [1.165, 1.54) is 29.0 Å². The quantitative estimate of drug-likeness (QED) is 0.753. The van der Waals surface area contributed by atoms with E-state index in [2.05, 4.69) is 43.5 Å². The fraction of sp³-hybridized carbons (Fsp3) is 0.400. The molecule has 0 saturated heterocycles. The Labute approximate surface area is 107 Å². The molecule has 0 amide bonds. The van der Waals surface area contributed by atoms with Crippen LogP contribution in [-0.2, 0) is 0 Å². The average molecular weight is 243 g/mol. The summed E-state index contributed by atoms with van der Waals surface area (Å²) in [4.78, 5) is 4.74. The normalized spacial score (nSPS) is 15.5. The Kier molecular flexibility index (Phi) is 2.75. The van der Waals surface area contributed by atoms with Gasteiger partial charge in [-0.2, -0.15) is 0 Å². The molecule has 1 aromatic heterocycles. The van der Waals surface area contributed by atoms with E-state index in [0.717, 1.165) is 11.6 Å². The molecule has 3 rings (SSSR count). The molecular weight excluding hydrogens is 226 g/mol. The maximum absolute atomic E-state index is 4.74. The maximum atomic E-state index is 4.74. The highest BCUT2D eigenvalue weighted by Crippen LogP contribution is 2.42. The second-order valence-corrected chi connectivity index (χ2v) is 6.01. The predicted octanol–water partition coefficient (Wildman–Crippen LogP) is 4.81. The second-order valence-electron chi connectivity index (χ2n) is 5.12. The van der Waals surface area contributed by atoms with E-state index in [9.17, 15) is 0 Å². The van der Waals surface area contributed by atoms with E-state index in [1.807, 2.05) is 11.3 Å². The number of hydrogen-bond acceptors (Lipinski definition) is 2. The van der Waals surface area contributed by atoms with E-state index in [-0.39, 0.29) is 0 Å². The molecular formula is C15H17NS. The number of aromatic nitrogens is 1. The van der Waals surface area contributed by atoms with Crippen molar-refractivity contribution in [3.05, 3.63) is 40.2 Å². The molecule has 1 saturated carbocycles. The SMILES string of the molecule is CC(C)c1ccc(-c2csc(C3CC3)n2)cc1. The van der Waals surface area contributed by atoms with Crippen LogP contribution in [0.3, 0.4) is 0 Å². The number of hydrogen-bond donors (Lipinski definition) is 0. The molecule has 0 unspecified atom stereocenters. The monoisotopic (exact) mass is 243 g/mol. The first kappa shape index (κ1) is 11.0. The Balaban J connectivity index is 1.86. The standard InChI is InChI=1S/C15H17NS/c1-10(2)11-3-5-12(6-4-11)14-9-17-15(16-14)13-7-8-13/h3-6,9-10,13H,7-8H2,1-2H3. The van der Waals surface area contributed by atoms with Gasteiger partial charge in [-0.3, -0.25) is 0 Å². The van der Waals surface area contributed by atoms with Crippen molar-refractivity contribution in [3.8, 4) is 11.3 Å². The third kappa shape index (κ3) is 2.27. The third-order valence-corrected chi connectivity index (χ3v) is 4.33. The molecule has 1 aliphatic carbocycles. The van der Waals surface area contributed by atoms with Crippen LogP contribution in [0, 0.1) is 0 Å². The van der Waals surface area contributed by atoms with E-state index in [1.54, 1.807) is 0 Å². The lowest BCUT2D eigenvalue weighted by molar-refractivity contribution is 0.867. The van der Waals surface area contributed by atoms with Crippen LogP contribution in [0.25, 0.3) is 11.3 Å². The molecule has 1 fully saturated rings. The van der Waals surface area contributed by atoms with Gasteiger partial charge >= 0.3 is 0 Å². The number of nitrogens with zero attached hydrogens (tertiary/aromatic N) is 1. The lowest BCUT2D eigenvalue weighted by atomic mass is 10.0. The second kappa shape index (κ2) is 4.26. The van der Waals surface area contributed by atoms with Crippen LogP contribution >= 0.6 is 11.3 Å². The van der Waals surface area contributed by atoms with Gasteiger partial charge < -0.3 is 0 Å². The highest BCUT2D eigenvalue weighted by Gasteiger charge is 2.26. The molecule has 2 heteroatoms. The van der Waals surface area contributed by atoms with Crippen LogP contribution in [0.15, 0.2) is 29.6 Å². The summed E-state index contributed by atoms with van der Waals surface area (Å²) in [5, 5.41) is 3.52. The largest absolute Gasteiger partial charge is 0.241 e. The molecule has 1 aromatic carbocycles. The minimum Gasteiger partial charge on any atom is -0.241 e. The highest BCUT2D eigenvalue weighted by molar-refractivity contribution is 7.10. The lowest BCUT2D eigenvalue weighted by Gasteiger charge is -2.05. The summed E-state index contributed by atoms with van der Waals surface area (Å²) in [7, 11) is 0. The first-order valence-corrected chi connectivity index (χ1v) is 7.18. The van der Waals surface area contributed by atoms with E-state index < -0.39 is 0 Å². The summed E-state index contributed by atoms with van der Waals surface area (Å²) in [6.45, 7) is 4.45. The molecule has 1 aliphatic rings. The molecule has 88 valence electrons. The minimum atomic E-state index is 0.599. The molecule has 0 aliphatic heterocycles. The Morgan fingerprint density at radius 1 is 1.18 bits per heavy atom. The molecule has 1 nitrogen and oxygen atoms in total. The van der Waals surface area contributed by atoms with Gasteiger partial charge in [-0.25, -0.2) is 4.98 Å².